The lowest BCUT2D eigenvalue weighted by molar-refractivity contribution is 0.142. The Morgan fingerprint density at radius 2 is 2.04 bits per heavy atom. The number of ether oxygens (including phenoxy) is 1. The summed E-state index contributed by atoms with van der Waals surface area (Å²) in [6.07, 6.45) is 2.46. The zero-order chi connectivity index (χ0) is 18.7. The summed E-state index contributed by atoms with van der Waals surface area (Å²) in [5.41, 5.74) is 2.96. The highest BCUT2D eigenvalue weighted by molar-refractivity contribution is 9.10. The summed E-state index contributed by atoms with van der Waals surface area (Å²) in [7, 11) is 0. The van der Waals surface area contributed by atoms with Gasteiger partial charge in [-0.05, 0) is 64.4 Å². The summed E-state index contributed by atoms with van der Waals surface area (Å²) < 4.78 is 6.49. The Balaban J connectivity index is 1.88. The molecule has 0 bridgehead atoms. The fraction of sp³-hybridized carbons (Fsp3) is 0.381. The van der Waals surface area contributed by atoms with Gasteiger partial charge in [-0.1, -0.05) is 55.8 Å². The van der Waals surface area contributed by atoms with E-state index in [4.69, 9.17) is 16.3 Å². The van der Waals surface area contributed by atoms with Crippen LogP contribution in [0.1, 0.15) is 37.8 Å². The summed E-state index contributed by atoms with van der Waals surface area (Å²) >= 11 is 9.80. The number of amides is 1. The van der Waals surface area contributed by atoms with Gasteiger partial charge in [0.15, 0.2) is 0 Å². The number of anilines is 1. The summed E-state index contributed by atoms with van der Waals surface area (Å²) in [4.78, 5) is 14.8. The first-order chi connectivity index (χ1) is 12.5. The summed E-state index contributed by atoms with van der Waals surface area (Å²) in [5.74, 6) is 0.497. The minimum atomic E-state index is -0.302. The number of hydrogen-bond acceptors (Lipinski definition) is 2. The van der Waals surface area contributed by atoms with Crippen molar-refractivity contribution in [2.45, 2.75) is 45.8 Å². The molecule has 3 rings (SSSR count). The Bertz CT molecular complexity index is 779. The fourth-order valence-corrected chi connectivity index (χ4v) is 4.57. The van der Waals surface area contributed by atoms with Crippen molar-refractivity contribution < 1.29 is 9.53 Å². The topological polar surface area (TPSA) is 29.5 Å². The van der Waals surface area contributed by atoms with Crippen molar-refractivity contribution in [3.05, 3.63) is 63.1 Å². The standard InChI is InChI=1S/C21H23BrClNO2/c1-14(2)10-18-9-8-16-11-17(23)12-19(22)20(16)24(18)21(25)26-13-15-6-4-3-5-7-15/h3-7,11-12,14,18H,8-10,13H2,1-2H3. The van der Waals surface area contributed by atoms with Crippen LogP contribution in [0.5, 0.6) is 0 Å². The van der Waals surface area contributed by atoms with Gasteiger partial charge in [0, 0.05) is 15.5 Å². The van der Waals surface area contributed by atoms with Crippen LogP contribution in [0.15, 0.2) is 46.9 Å². The molecule has 138 valence electrons. The molecule has 0 aromatic heterocycles. The molecule has 0 N–H and O–H groups in total. The molecule has 1 aliphatic rings. The maximum absolute atomic E-state index is 13.0. The first kappa shape index (κ1) is 19.2. The van der Waals surface area contributed by atoms with Crippen LogP contribution in [0.25, 0.3) is 0 Å². The highest BCUT2D eigenvalue weighted by Gasteiger charge is 2.34. The third-order valence-corrected chi connectivity index (χ3v) is 5.43. The first-order valence-electron chi connectivity index (χ1n) is 8.93. The van der Waals surface area contributed by atoms with Gasteiger partial charge in [0.1, 0.15) is 6.61 Å². The normalized spacial score (nSPS) is 16.5. The second-order valence-corrected chi connectivity index (χ2v) is 8.42. The predicted molar refractivity (Wildman–Crippen MR) is 110 cm³/mol. The number of fused-ring (bicyclic) bond motifs is 1. The van der Waals surface area contributed by atoms with E-state index in [0.29, 0.717) is 10.9 Å². The van der Waals surface area contributed by atoms with Crippen molar-refractivity contribution in [1.29, 1.82) is 0 Å². The highest BCUT2D eigenvalue weighted by Crippen LogP contribution is 2.41. The molecule has 0 fully saturated rings. The molecule has 0 aliphatic carbocycles. The Morgan fingerprint density at radius 1 is 1.31 bits per heavy atom. The second kappa shape index (κ2) is 8.45. The molecule has 2 aromatic carbocycles. The van der Waals surface area contributed by atoms with Gasteiger partial charge in [-0.15, -0.1) is 0 Å². The van der Waals surface area contributed by atoms with E-state index in [2.05, 4.69) is 29.8 Å². The van der Waals surface area contributed by atoms with Crippen LogP contribution in [0, 0.1) is 5.92 Å². The van der Waals surface area contributed by atoms with Gasteiger partial charge in [-0.3, -0.25) is 4.90 Å². The van der Waals surface area contributed by atoms with Crippen LogP contribution < -0.4 is 4.90 Å². The molecule has 3 nitrogen and oxygen atoms in total. The van der Waals surface area contributed by atoms with Crippen LogP contribution in [0.4, 0.5) is 10.5 Å². The molecular formula is C21H23BrClNO2. The number of carbonyl (C=O) groups is 1. The van der Waals surface area contributed by atoms with Gasteiger partial charge in [0.25, 0.3) is 0 Å². The summed E-state index contributed by atoms with van der Waals surface area (Å²) in [6.45, 7) is 4.63. The third-order valence-electron chi connectivity index (χ3n) is 4.61. The second-order valence-electron chi connectivity index (χ2n) is 7.13. The van der Waals surface area contributed by atoms with E-state index >= 15 is 0 Å². The Hall–Kier alpha value is -1.52. The number of rotatable bonds is 4. The highest BCUT2D eigenvalue weighted by atomic mass is 79.9. The maximum atomic E-state index is 13.0. The van der Waals surface area contributed by atoms with Gasteiger partial charge in [0.05, 0.1) is 5.69 Å². The van der Waals surface area contributed by atoms with E-state index < -0.39 is 0 Å². The molecular weight excluding hydrogens is 414 g/mol. The van der Waals surface area contributed by atoms with Crippen LogP contribution in [0.3, 0.4) is 0 Å². The van der Waals surface area contributed by atoms with E-state index in [1.165, 1.54) is 0 Å². The van der Waals surface area contributed by atoms with E-state index in [-0.39, 0.29) is 18.7 Å². The van der Waals surface area contributed by atoms with Crippen molar-refractivity contribution in [1.82, 2.24) is 0 Å². The van der Waals surface area contributed by atoms with E-state index in [9.17, 15) is 4.79 Å². The van der Waals surface area contributed by atoms with Crippen molar-refractivity contribution in [2.75, 3.05) is 4.90 Å². The lowest BCUT2D eigenvalue weighted by Crippen LogP contribution is -2.45. The molecule has 1 aliphatic heterocycles. The summed E-state index contributed by atoms with van der Waals surface area (Å²) in [6, 6.07) is 13.7. The molecule has 2 aromatic rings. The lowest BCUT2D eigenvalue weighted by Gasteiger charge is -2.38. The molecule has 5 heteroatoms. The number of carbonyl (C=O) groups excluding carboxylic acids is 1. The van der Waals surface area contributed by atoms with Crippen molar-refractivity contribution >= 4 is 39.3 Å². The van der Waals surface area contributed by atoms with Crippen LogP contribution in [-0.2, 0) is 17.8 Å². The van der Waals surface area contributed by atoms with Crippen LogP contribution in [0.2, 0.25) is 5.02 Å². The van der Waals surface area contributed by atoms with Crippen molar-refractivity contribution in [2.24, 2.45) is 5.92 Å². The monoisotopic (exact) mass is 435 g/mol. The van der Waals surface area contributed by atoms with Crippen LogP contribution in [-0.4, -0.2) is 12.1 Å². The lowest BCUT2D eigenvalue weighted by atomic mass is 9.91. The minimum absolute atomic E-state index is 0.128. The molecule has 0 radical (unpaired) electrons. The third kappa shape index (κ3) is 4.41. The molecule has 0 saturated heterocycles. The number of benzene rings is 2. The van der Waals surface area contributed by atoms with Gasteiger partial charge in [0.2, 0.25) is 0 Å². The van der Waals surface area contributed by atoms with Crippen LogP contribution >= 0.6 is 27.5 Å². The van der Waals surface area contributed by atoms with Gasteiger partial charge in [-0.25, -0.2) is 4.79 Å². The average Bonchev–Trinajstić information content (AvgIpc) is 2.60. The molecule has 0 saturated carbocycles. The SMILES string of the molecule is CC(C)CC1CCc2cc(Cl)cc(Br)c2N1C(=O)OCc1ccccc1. The number of aryl methyl sites for hydroxylation is 1. The Morgan fingerprint density at radius 3 is 2.73 bits per heavy atom. The van der Waals surface area contributed by atoms with Gasteiger partial charge < -0.3 is 4.74 Å². The molecule has 1 atom stereocenters. The number of hydrogen-bond donors (Lipinski definition) is 0. The molecule has 1 unspecified atom stereocenters. The van der Waals surface area contributed by atoms with E-state index in [1.807, 2.05) is 47.4 Å². The fourth-order valence-electron chi connectivity index (χ4n) is 3.51. The quantitative estimate of drug-likeness (QED) is 0.540. The summed E-state index contributed by atoms with van der Waals surface area (Å²) in [5, 5.41) is 0.676. The van der Waals surface area contributed by atoms with Gasteiger partial charge in [-0.2, -0.15) is 0 Å². The number of nitrogens with zero attached hydrogens (tertiary/aromatic N) is 1. The van der Waals surface area contributed by atoms with Crippen molar-refractivity contribution in [3.63, 3.8) is 0 Å². The van der Waals surface area contributed by atoms with E-state index in [0.717, 1.165) is 40.5 Å². The molecule has 0 spiro atoms. The minimum Gasteiger partial charge on any atom is -0.444 e. The number of halogens is 2. The average molecular weight is 437 g/mol. The zero-order valence-corrected chi connectivity index (χ0v) is 17.4. The molecule has 1 amide bonds. The van der Waals surface area contributed by atoms with Crippen molar-refractivity contribution in [3.8, 4) is 0 Å². The maximum Gasteiger partial charge on any atom is 0.414 e. The van der Waals surface area contributed by atoms with Gasteiger partial charge >= 0.3 is 6.09 Å². The smallest absolute Gasteiger partial charge is 0.414 e. The zero-order valence-electron chi connectivity index (χ0n) is 15.0. The van der Waals surface area contributed by atoms with E-state index in [1.54, 1.807) is 0 Å². The molecule has 26 heavy (non-hydrogen) atoms. The Labute approximate surface area is 168 Å². The predicted octanol–water partition coefficient (Wildman–Crippen LogP) is 6.61. The Kier molecular flexibility index (Phi) is 6.25. The largest absolute Gasteiger partial charge is 0.444 e. The first-order valence-corrected chi connectivity index (χ1v) is 10.1. The molecule has 1 heterocycles.